The van der Waals surface area contributed by atoms with E-state index in [-0.39, 0.29) is 23.9 Å². The third-order valence-electron chi connectivity index (χ3n) is 4.00. The number of carbonyl (C=O) groups is 1. The number of hydrogen-bond acceptors (Lipinski definition) is 2. The topological polar surface area (TPSA) is 46.3 Å². The van der Waals surface area contributed by atoms with Crippen molar-refractivity contribution in [1.29, 1.82) is 0 Å². The number of nitrogens with zero attached hydrogens (tertiary/aromatic N) is 1. The van der Waals surface area contributed by atoms with Crippen LogP contribution in [0.4, 0.5) is 0 Å². The first kappa shape index (κ1) is 13.8. The molecule has 16 heavy (non-hydrogen) atoms. The fraction of sp³-hybridized carbons (Fsp3) is 0.917. The fourth-order valence-corrected chi connectivity index (χ4v) is 2.41. The van der Waals surface area contributed by atoms with Gasteiger partial charge in [0.15, 0.2) is 0 Å². The molecule has 1 aliphatic carbocycles. The smallest absolute Gasteiger partial charge is 0.228 e. The van der Waals surface area contributed by atoms with E-state index in [0.29, 0.717) is 11.8 Å². The third kappa shape index (κ3) is 2.69. The average Bonchev–Trinajstić information content (AvgIpc) is 2.97. The summed E-state index contributed by atoms with van der Waals surface area (Å²) in [4.78, 5) is 14.2. The largest absolute Gasteiger partial charge is 0.342 e. The zero-order chi connectivity index (χ0) is 11.1. The summed E-state index contributed by atoms with van der Waals surface area (Å²) >= 11 is 0. The lowest BCUT2D eigenvalue weighted by Gasteiger charge is -2.36. The van der Waals surface area contributed by atoms with Crippen molar-refractivity contribution >= 4 is 18.3 Å². The van der Waals surface area contributed by atoms with Crippen LogP contribution in [0.25, 0.3) is 0 Å². The molecule has 1 saturated heterocycles. The van der Waals surface area contributed by atoms with E-state index in [9.17, 15) is 4.79 Å². The second kappa shape index (κ2) is 4.92. The SMILES string of the molecule is CC(N)C1CCCN(C(=O)C2(C)CC2)C1.Cl. The molecule has 0 bridgehead atoms. The maximum atomic E-state index is 12.1. The Morgan fingerprint density at radius 3 is 2.62 bits per heavy atom. The quantitative estimate of drug-likeness (QED) is 0.808. The highest BCUT2D eigenvalue weighted by atomic mass is 35.5. The summed E-state index contributed by atoms with van der Waals surface area (Å²) in [5.74, 6) is 0.873. The lowest BCUT2D eigenvalue weighted by molar-refractivity contribution is -0.138. The Labute approximate surface area is 104 Å². The first-order valence-corrected chi connectivity index (χ1v) is 6.08. The molecular formula is C12H23ClN2O. The van der Waals surface area contributed by atoms with Gasteiger partial charge in [0.1, 0.15) is 0 Å². The van der Waals surface area contributed by atoms with Gasteiger partial charge in [0.2, 0.25) is 5.91 Å². The first-order chi connectivity index (χ1) is 7.03. The van der Waals surface area contributed by atoms with Crippen LogP contribution in [0.15, 0.2) is 0 Å². The van der Waals surface area contributed by atoms with Crippen LogP contribution in [0, 0.1) is 11.3 Å². The monoisotopic (exact) mass is 246 g/mol. The van der Waals surface area contributed by atoms with Gasteiger partial charge in [-0.15, -0.1) is 12.4 Å². The maximum Gasteiger partial charge on any atom is 0.228 e. The van der Waals surface area contributed by atoms with E-state index in [1.54, 1.807) is 0 Å². The Balaban J connectivity index is 0.00000128. The van der Waals surface area contributed by atoms with Gasteiger partial charge < -0.3 is 10.6 Å². The van der Waals surface area contributed by atoms with Crippen molar-refractivity contribution in [3.8, 4) is 0 Å². The summed E-state index contributed by atoms with van der Waals surface area (Å²) < 4.78 is 0. The van der Waals surface area contributed by atoms with Gasteiger partial charge in [0, 0.05) is 24.5 Å². The molecule has 1 heterocycles. The minimum atomic E-state index is -0.0142. The zero-order valence-electron chi connectivity index (χ0n) is 10.2. The van der Waals surface area contributed by atoms with Gasteiger partial charge >= 0.3 is 0 Å². The van der Waals surface area contributed by atoms with Crippen LogP contribution in [-0.4, -0.2) is 29.9 Å². The molecule has 0 aromatic carbocycles. The normalized spacial score (nSPS) is 29.2. The minimum absolute atomic E-state index is 0. The lowest BCUT2D eigenvalue weighted by atomic mass is 9.91. The van der Waals surface area contributed by atoms with E-state index < -0.39 is 0 Å². The van der Waals surface area contributed by atoms with Crippen LogP contribution in [0.5, 0.6) is 0 Å². The van der Waals surface area contributed by atoms with Crippen LogP contribution >= 0.6 is 12.4 Å². The molecule has 1 amide bonds. The highest BCUT2D eigenvalue weighted by Gasteiger charge is 2.47. The van der Waals surface area contributed by atoms with Gasteiger partial charge in [0.05, 0.1) is 0 Å². The van der Waals surface area contributed by atoms with Crippen LogP contribution in [-0.2, 0) is 4.79 Å². The summed E-state index contributed by atoms with van der Waals surface area (Å²) in [5.41, 5.74) is 5.90. The lowest BCUT2D eigenvalue weighted by Crippen LogP contribution is -2.47. The van der Waals surface area contributed by atoms with E-state index >= 15 is 0 Å². The van der Waals surface area contributed by atoms with Gasteiger partial charge in [-0.1, -0.05) is 6.92 Å². The molecule has 2 fully saturated rings. The predicted octanol–water partition coefficient (Wildman–Crippen LogP) is 1.79. The Kier molecular flexibility index (Phi) is 4.24. The van der Waals surface area contributed by atoms with E-state index in [1.165, 1.54) is 6.42 Å². The molecule has 0 aromatic heterocycles. The number of nitrogens with two attached hydrogens (primary N) is 1. The summed E-state index contributed by atoms with van der Waals surface area (Å²) in [5, 5.41) is 0. The minimum Gasteiger partial charge on any atom is -0.342 e. The molecule has 2 aliphatic rings. The van der Waals surface area contributed by atoms with Crippen molar-refractivity contribution in [1.82, 2.24) is 4.90 Å². The van der Waals surface area contributed by atoms with Crippen molar-refractivity contribution in [2.75, 3.05) is 13.1 Å². The number of piperidine rings is 1. The summed E-state index contributed by atoms with van der Waals surface area (Å²) in [6, 6.07) is 0.215. The molecule has 1 aliphatic heterocycles. The van der Waals surface area contributed by atoms with Gasteiger partial charge in [-0.2, -0.15) is 0 Å². The first-order valence-electron chi connectivity index (χ1n) is 6.08. The number of amides is 1. The molecule has 2 unspecified atom stereocenters. The summed E-state index contributed by atoms with van der Waals surface area (Å²) in [6.45, 7) is 5.96. The van der Waals surface area contributed by atoms with E-state index in [2.05, 4.69) is 13.8 Å². The van der Waals surface area contributed by atoms with Crippen molar-refractivity contribution in [3.63, 3.8) is 0 Å². The third-order valence-corrected chi connectivity index (χ3v) is 4.00. The Morgan fingerprint density at radius 1 is 1.50 bits per heavy atom. The van der Waals surface area contributed by atoms with Gasteiger partial charge in [-0.05, 0) is 38.5 Å². The van der Waals surface area contributed by atoms with E-state index in [1.807, 2.05) is 4.90 Å². The van der Waals surface area contributed by atoms with Gasteiger partial charge in [-0.3, -0.25) is 4.79 Å². The summed E-state index contributed by atoms with van der Waals surface area (Å²) in [6.07, 6.45) is 4.45. The molecule has 0 spiro atoms. The maximum absolute atomic E-state index is 12.1. The second-order valence-corrected chi connectivity index (χ2v) is 5.57. The van der Waals surface area contributed by atoms with Crippen molar-refractivity contribution in [3.05, 3.63) is 0 Å². The molecule has 0 radical (unpaired) electrons. The molecule has 3 nitrogen and oxygen atoms in total. The highest BCUT2D eigenvalue weighted by Crippen LogP contribution is 2.47. The van der Waals surface area contributed by atoms with Gasteiger partial charge in [-0.25, -0.2) is 0 Å². The number of rotatable bonds is 2. The molecule has 0 aromatic rings. The van der Waals surface area contributed by atoms with Crippen LogP contribution in [0.1, 0.15) is 39.5 Å². The van der Waals surface area contributed by atoms with Crippen molar-refractivity contribution < 1.29 is 4.79 Å². The number of carbonyl (C=O) groups excluding carboxylic acids is 1. The average molecular weight is 247 g/mol. The van der Waals surface area contributed by atoms with Crippen molar-refractivity contribution in [2.24, 2.45) is 17.1 Å². The van der Waals surface area contributed by atoms with E-state index in [0.717, 1.165) is 32.4 Å². The van der Waals surface area contributed by atoms with Gasteiger partial charge in [0.25, 0.3) is 0 Å². The Morgan fingerprint density at radius 2 is 2.12 bits per heavy atom. The predicted molar refractivity (Wildman–Crippen MR) is 67.5 cm³/mol. The molecular weight excluding hydrogens is 224 g/mol. The second-order valence-electron chi connectivity index (χ2n) is 5.57. The number of halogens is 1. The molecule has 2 N–H and O–H groups in total. The molecule has 2 atom stereocenters. The molecule has 4 heteroatoms. The van der Waals surface area contributed by atoms with Crippen LogP contribution in [0.2, 0.25) is 0 Å². The standard InChI is InChI=1S/C12H22N2O.ClH/c1-9(13)10-4-3-7-14(8-10)11(15)12(2)5-6-12;/h9-10H,3-8,13H2,1-2H3;1H. The fourth-order valence-electron chi connectivity index (χ4n) is 2.41. The molecule has 2 rings (SSSR count). The van der Waals surface area contributed by atoms with Crippen LogP contribution < -0.4 is 5.73 Å². The summed E-state index contributed by atoms with van der Waals surface area (Å²) in [7, 11) is 0. The number of hydrogen-bond donors (Lipinski definition) is 1. The molecule has 1 saturated carbocycles. The zero-order valence-corrected chi connectivity index (χ0v) is 11.1. The van der Waals surface area contributed by atoms with Crippen LogP contribution in [0.3, 0.4) is 0 Å². The molecule has 94 valence electrons. The van der Waals surface area contributed by atoms with Crippen molar-refractivity contribution in [2.45, 2.75) is 45.6 Å². The van der Waals surface area contributed by atoms with E-state index in [4.69, 9.17) is 5.73 Å². The number of likely N-dealkylation sites (tertiary alicyclic amines) is 1. The Bertz CT molecular complexity index is 264. The Hall–Kier alpha value is -0.280. The highest BCUT2D eigenvalue weighted by molar-refractivity contribution is 5.85.